The molecule has 240 valence electrons. The van der Waals surface area contributed by atoms with Crippen molar-refractivity contribution in [2.24, 2.45) is 5.92 Å². The molecule has 3 aliphatic carbocycles. The van der Waals surface area contributed by atoms with Crippen LogP contribution in [0.15, 0.2) is 47.0 Å². The van der Waals surface area contributed by atoms with E-state index >= 15 is 0 Å². The highest BCUT2D eigenvalue weighted by Crippen LogP contribution is 2.47. The first-order chi connectivity index (χ1) is 21.7. The molecule has 4 fully saturated rings. The Morgan fingerprint density at radius 3 is 2.33 bits per heavy atom. The van der Waals surface area contributed by atoms with E-state index < -0.39 is 9.84 Å². The van der Waals surface area contributed by atoms with Crippen LogP contribution in [0, 0.1) is 5.92 Å². The predicted molar refractivity (Wildman–Crippen MR) is 173 cm³/mol. The topological polar surface area (TPSA) is 98.9 Å². The second kappa shape index (κ2) is 12.5. The molecule has 3 atom stereocenters. The van der Waals surface area contributed by atoms with Crippen LogP contribution < -0.4 is 4.90 Å². The zero-order valence-electron chi connectivity index (χ0n) is 25.3. The Hall–Kier alpha value is -2.59. The SMILES string of the molecule is CC(=O)OC1CCC(S(=O)(=O)Cc2ccc(N3C[C@@H]4C[C@H]3C[C@H]4OCc3c(-c4c(Cl)cccc4Cl)noc3C3CC3)cc2)CC1. The molecule has 0 radical (unpaired) electrons. The van der Waals surface area contributed by atoms with E-state index in [-0.39, 0.29) is 29.2 Å². The van der Waals surface area contributed by atoms with Gasteiger partial charge in [-0.25, -0.2) is 8.42 Å². The van der Waals surface area contributed by atoms with E-state index in [0.717, 1.165) is 54.8 Å². The minimum absolute atomic E-state index is 0.0330. The van der Waals surface area contributed by atoms with Crippen LogP contribution in [0.2, 0.25) is 10.0 Å². The van der Waals surface area contributed by atoms with Crippen LogP contribution in [-0.2, 0) is 36.5 Å². The Morgan fingerprint density at radius 1 is 1.00 bits per heavy atom. The normalized spacial score (nSPS) is 26.4. The monoisotopic (exact) mass is 672 g/mol. The first-order valence-electron chi connectivity index (χ1n) is 15.9. The Bertz CT molecular complexity index is 1640. The van der Waals surface area contributed by atoms with E-state index in [4.69, 9.17) is 37.2 Å². The molecule has 1 saturated heterocycles. The summed E-state index contributed by atoms with van der Waals surface area (Å²) < 4.78 is 44.0. The number of hydrogen-bond donors (Lipinski definition) is 0. The average Bonchev–Trinajstić information content (AvgIpc) is 3.45. The molecular formula is C34H38Cl2N2O6S. The number of benzene rings is 2. The second-order valence-electron chi connectivity index (χ2n) is 13.1. The molecule has 0 spiro atoms. The quantitative estimate of drug-likeness (QED) is 0.204. The number of piperidine rings is 1. The lowest BCUT2D eigenvalue weighted by Crippen LogP contribution is -2.38. The molecule has 7 rings (SSSR count). The smallest absolute Gasteiger partial charge is 0.302 e. The van der Waals surface area contributed by atoms with E-state index in [2.05, 4.69) is 22.2 Å². The highest BCUT2D eigenvalue weighted by molar-refractivity contribution is 7.91. The number of carbonyl (C=O) groups is 1. The summed E-state index contributed by atoms with van der Waals surface area (Å²) in [5, 5.41) is 5.10. The Balaban J connectivity index is 0.957. The van der Waals surface area contributed by atoms with Gasteiger partial charge in [0.2, 0.25) is 0 Å². The lowest BCUT2D eigenvalue weighted by Gasteiger charge is -2.33. The number of nitrogens with zero attached hydrogens (tertiary/aromatic N) is 2. The number of halogens is 2. The van der Waals surface area contributed by atoms with Crippen LogP contribution in [0.4, 0.5) is 5.69 Å². The molecule has 2 heterocycles. The molecule has 45 heavy (non-hydrogen) atoms. The summed E-state index contributed by atoms with van der Waals surface area (Å²) in [6.07, 6.45) is 6.42. The van der Waals surface area contributed by atoms with Crippen LogP contribution in [0.1, 0.15) is 81.1 Å². The van der Waals surface area contributed by atoms with Gasteiger partial charge in [-0.15, -0.1) is 0 Å². The summed E-state index contributed by atoms with van der Waals surface area (Å²) in [4.78, 5) is 13.7. The van der Waals surface area contributed by atoms with Crippen molar-refractivity contribution in [2.75, 3.05) is 11.4 Å². The van der Waals surface area contributed by atoms with E-state index in [9.17, 15) is 13.2 Å². The minimum atomic E-state index is -3.29. The van der Waals surface area contributed by atoms with Crippen LogP contribution in [0.3, 0.4) is 0 Å². The fraction of sp³-hybridized carbons (Fsp3) is 0.529. The Kier molecular flexibility index (Phi) is 8.65. The van der Waals surface area contributed by atoms with E-state index in [1.807, 2.05) is 30.3 Å². The summed E-state index contributed by atoms with van der Waals surface area (Å²) in [5.41, 5.74) is 4.25. The van der Waals surface area contributed by atoms with Crippen LogP contribution in [-0.4, -0.2) is 49.6 Å². The molecule has 4 aliphatic rings. The van der Waals surface area contributed by atoms with Crippen LogP contribution in [0.5, 0.6) is 0 Å². The van der Waals surface area contributed by atoms with Gasteiger partial charge in [0.1, 0.15) is 17.6 Å². The van der Waals surface area contributed by atoms with Crippen molar-refractivity contribution in [3.05, 3.63) is 69.4 Å². The van der Waals surface area contributed by atoms with Crippen molar-refractivity contribution in [3.63, 3.8) is 0 Å². The van der Waals surface area contributed by atoms with Crippen LogP contribution in [0.25, 0.3) is 11.3 Å². The van der Waals surface area contributed by atoms with E-state index in [1.54, 1.807) is 0 Å². The fourth-order valence-corrected chi connectivity index (χ4v) is 10.0. The number of anilines is 1. The van der Waals surface area contributed by atoms with Crippen molar-refractivity contribution in [2.45, 2.75) is 100 Å². The Labute approximate surface area is 274 Å². The highest BCUT2D eigenvalue weighted by Gasteiger charge is 2.46. The lowest BCUT2D eigenvalue weighted by atomic mass is 9.97. The lowest BCUT2D eigenvalue weighted by molar-refractivity contribution is -0.147. The van der Waals surface area contributed by atoms with Crippen molar-refractivity contribution < 1.29 is 27.2 Å². The first-order valence-corrected chi connectivity index (χ1v) is 18.4. The highest BCUT2D eigenvalue weighted by atomic mass is 35.5. The van der Waals surface area contributed by atoms with Crippen molar-refractivity contribution >= 4 is 44.7 Å². The maximum Gasteiger partial charge on any atom is 0.302 e. The number of rotatable bonds is 10. The van der Waals surface area contributed by atoms with Crippen molar-refractivity contribution in [1.29, 1.82) is 0 Å². The summed E-state index contributed by atoms with van der Waals surface area (Å²) in [6.45, 7) is 2.71. The van der Waals surface area contributed by atoms with Gasteiger partial charge in [0, 0.05) is 48.2 Å². The van der Waals surface area contributed by atoms with Gasteiger partial charge in [0.15, 0.2) is 9.84 Å². The molecule has 0 N–H and O–H groups in total. The Morgan fingerprint density at radius 2 is 1.71 bits per heavy atom. The first kappa shape index (κ1) is 31.0. The van der Waals surface area contributed by atoms with Crippen molar-refractivity contribution in [3.8, 4) is 11.3 Å². The molecule has 8 nitrogen and oxygen atoms in total. The number of ether oxygens (including phenoxy) is 2. The van der Waals surface area contributed by atoms with Crippen molar-refractivity contribution in [1.82, 2.24) is 5.16 Å². The maximum atomic E-state index is 13.2. The molecule has 2 bridgehead atoms. The van der Waals surface area contributed by atoms with Gasteiger partial charge in [-0.2, -0.15) is 0 Å². The third-order valence-electron chi connectivity index (χ3n) is 9.98. The standard InChI is InChI=1S/C34H38Cl2N2O6S/c1-20(39)43-26-11-13-27(14-12-26)45(40,41)19-21-5-9-24(10-6-21)38-17-23-15-25(38)16-31(23)42-18-28-33(37-44-34(28)22-7-8-22)32-29(35)3-2-4-30(32)36/h2-6,9-10,22-23,25-27,31H,7-8,11-19H2,1H3/t23-,25-,26?,27?,31+/m0/s1. The van der Waals surface area contributed by atoms with Gasteiger partial charge in [-0.05, 0) is 81.2 Å². The van der Waals surface area contributed by atoms with E-state index in [1.165, 1.54) is 6.92 Å². The summed E-state index contributed by atoms with van der Waals surface area (Å²) >= 11 is 13.1. The molecule has 2 aromatic carbocycles. The van der Waals surface area contributed by atoms with Gasteiger partial charge in [-0.1, -0.05) is 46.6 Å². The molecule has 3 aromatic rings. The molecule has 1 aliphatic heterocycles. The maximum absolute atomic E-state index is 13.2. The third-order valence-corrected chi connectivity index (χ3v) is 12.8. The molecule has 11 heteroatoms. The summed E-state index contributed by atoms with van der Waals surface area (Å²) in [5.74, 6) is 1.41. The number of carbonyl (C=O) groups excluding carboxylic acids is 1. The molecule has 0 amide bonds. The van der Waals surface area contributed by atoms with Gasteiger partial charge in [0.05, 0.1) is 33.8 Å². The molecular weight excluding hydrogens is 635 g/mol. The average molecular weight is 674 g/mol. The number of fused-ring (bicyclic) bond motifs is 2. The molecule has 1 aromatic heterocycles. The minimum Gasteiger partial charge on any atom is -0.463 e. The fourth-order valence-electron chi connectivity index (χ4n) is 7.54. The number of sulfone groups is 1. The van der Waals surface area contributed by atoms with Gasteiger partial charge >= 0.3 is 5.97 Å². The van der Waals surface area contributed by atoms with Gasteiger partial charge in [-0.3, -0.25) is 4.79 Å². The zero-order valence-corrected chi connectivity index (χ0v) is 27.6. The number of esters is 1. The number of hydrogen-bond acceptors (Lipinski definition) is 8. The third kappa shape index (κ3) is 6.51. The van der Waals surface area contributed by atoms with Crippen LogP contribution >= 0.6 is 23.2 Å². The predicted octanol–water partition coefficient (Wildman–Crippen LogP) is 7.50. The van der Waals surface area contributed by atoms with E-state index in [0.29, 0.717) is 71.5 Å². The largest absolute Gasteiger partial charge is 0.463 e. The number of aromatic nitrogens is 1. The van der Waals surface area contributed by atoms with Gasteiger partial charge in [0.25, 0.3) is 0 Å². The second-order valence-corrected chi connectivity index (χ2v) is 16.2. The summed E-state index contributed by atoms with van der Waals surface area (Å²) in [7, 11) is -3.29. The molecule has 3 saturated carbocycles. The zero-order chi connectivity index (χ0) is 31.3. The molecule has 0 unspecified atom stereocenters. The van der Waals surface area contributed by atoms with Gasteiger partial charge < -0.3 is 18.9 Å². The summed E-state index contributed by atoms with van der Waals surface area (Å²) in [6, 6.07) is 13.8.